The van der Waals surface area contributed by atoms with E-state index in [9.17, 15) is 4.79 Å². The highest BCUT2D eigenvalue weighted by Crippen LogP contribution is 2.26. The SMILES string of the molecule is CC(C)(C)OC(=O)N1CCOCC1CNCc1cc(Br)c(Br)o1. The number of furan rings is 1. The number of nitrogens with one attached hydrogen (secondary N) is 1. The van der Waals surface area contributed by atoms with E-state index in [1.165, 1.54) is 0 Å². The average molecular weight is 454 g/mol. The van der Waals surface area contributed by atoms with Crippen LogP contribution in [0.2, 0.25) is 0 Å². The lowest BCUT2D eigenvalue weighted by Gasteiger charge is -2.36. The number of rotatable bonds is 4. The van der Waals surface area contributed by atoms with E-state index >= 15 is 0 Å². The molecule has 1 N–H and O–H groups in total. The van der Waals surface area contributed by atoms with Gasteiger partial charge in [-0.3, -0.25) is 4.90 Å². The first-order chi connectivity index (χ1) is 10.8. The number of halogens is 2. The van der Waals surface area contributed by atoms with Crippen molar-refractivity contribution in [1.29, 1.82) is 0 Å². The number of hydrogen-bond donors (Lipinski definition) is 1. The first-order valence-corrected chi connectivity index (χ1v) is 9.06. The zero-order chi connectivity index (χ0) is 17.0. The summed E-state index contributed by atoms with van der Waals surface area (Å²) in [5, 5.41) is 3.29. The molecule has 0 aliphatic carbocycles. The Hall–Kier alpha value is -0.570. The Labute approximate surface area is 153 Å². The van der Waals surface area contributed by atoms with Gasteiger partial charge in [0.1, 0.15) is 11.4 Å². The van der Waals surface area contributed by atoms with Crippen LogP contribution in [-0.2, 0) is 16.0 Å². The Morgan fingerprint density at radius 3 is 2.83 bits per heavy atom. The summed E-state index contributed by atoms with van der Waals surface area (Å²) >= 11 is 6.69. The summed E-state index contributed by atoms with van der Waals surface area (Å²) in [6, 6.07) is 1.85. The van der Waals surface area contributed by atoms with E-state index in [-0.39, 0.29) is 12.1 Å². The highest BCUT2D eigenvalue weighted by atomic mass is 79.9. The van der Waals surface area contributed by atoms with Gasteiger partial charge in [0.15, 0.2) is 4.67 Å². The minimum Gasteiger partial charge on any atom is -0.452 e. The molecule has 0 saturated carbocycles. The van der Waals surface area contributed by atoms with Crippen molar-refractivity contribution in [3.8, 4) is 0 Å². The molecule has 2 rings (SSSR count). The molecular formula is C15H22Br2N2O4. The standard InChI is InChI=1S/C15H22Br2N2O4/c1-15(2,3)23-14(20)19-4-5-21-9-10(19)7-18-8-11-6-12(16)13(17)22-11/h6,10,18H,4-5,7-9H2,1-3H3. The molecule has 2 heterocycles. The molecule has 1 amide bonds. The van der Waals surface area contributed by atoms with Crippen molar-refractivity contribution >= 4 is 38.0 Å². The summed E-state index contributed by atoms with van der Waals surface area (Å²) in [6.45, 7) is 8.35. The van der Waals surface area contributed by atoms with Crippen LogP contribution in [0.25, 0.3) is 0 Å². The van der Waals surface area contributed by atoms with Crippen molar-refractivity contribution in [3.63, 3.8) is 0 Å². The van der Waals surface area contributed by atoms with Gasteiger partial charge in [-0.2, -0.15) is 0 Å². The molecule has 1 saturated heterocycles. The van der Waals surface area contributed by atoms with Gasteiger partial charge in [-0.1, -0.05) is 0 Å². The lowest BCUT2D eigenvalue weighted by Crippen LogP contribution is -2.53. The quantitative estimate of drug-likeness (QED) is 0.755. The van der Waals surface area contributed by atoms with Gasteiger partial charge in [0.05, 0.1) is 30.3 Å². The summed E-state index contributed by atoms with van der Waals surface area (Å²) < 4.78 is 18.0. The largest absolute Gasteiger partial charge is 0.452 e. The van der Waals surface area contributed by atoms with Gasteiger partial charge in [-0.05, 0) is 58.7 Å². The second-order valence-electron chi connectivity index (χ2n) is 6.37. The van der Waals surface area contributed by atoms with E-state index in [1.54, 1.807) is 4.90 Å². The normalized spacial score (nSPS) is 19.0. The van der Waals surface area contributed by atoms with Crippen molar-refractivity contribution in [1.82, 2.24) is 10.2 Å². The molecule has 6 nitrogen and oxygen atoms in total. The maximum Gasteiger partial charge on any atom is 0.410 e. The van der Waals surface area contributed by atoms with Crippen molar-refractivity contribution in [3.05, 3.63) is 21.0 Å². The predicted octanol–water partition coefficient (Wildman–Crippen LogP) is 3.53. The highest BCUT2D eigenvalue weighted by Gasteiger charge is 2.30. The van der Waals surface area contributed by atoms with Gasteiger partial charge in [0.2, 0.25) is 0 Å². The van der Waals surface area contributed by atoms with E-state index < -0.39 is 5.60 Å². The summed E-state index contributed by atoms with van der Waals surface area (Å²) in [5.74, 6) is 0.810. The smallest absolute Gasteiger partial charge is 0.410 e. The molecule has 0 bridgehead atoms. The molecule has 0 radical (unpaired) electrons. The number of morpholine rings is 1. The van der Waals surface area contributed by atoms with E-state index in [4.69, 9.17) is 13.9 Å². The molecular weight excluding hydrogens is 432 g/mol. The Morgan fingerprint density at radius 1 is 1.48 bits per heavy atom. The fourth-order valence-corrected chi connectivity index (χ4v) is 2.88. The number of amides is 1. The minimum atomic E-state index is -0.500. The Bertz CT molecular complexity index is 523. The van der Waals surface area contributed by atoms with Crippen LogP contribution < -0.4 is 5.32 Å². The second-order valence-corrected chi connectivity index (χ2v) is 7.94. The summed E-state index contributed by atoms with van der Waals surface area (Å²) in [4.78, 5) is 14.0. The van der Waals surface area contributed by atoms with Crippen LogP contribution in [0.15, 0.2) is 19.6 Å². The number of carbonyl (C=O) groups excluding carboxylic acids is 1. The van der Waals surface area contributed by atoms with E-state index in [0.717, 1.165) is 10.2 Å². The van der Waals surface area contributed by atoms with Gasteiger partial charge in [0, 0.05) is 13.1 Å². The minimum absolute atomic E-state index is 0.0551. The molecule has 1 fully saturated rings. The number of ether oxygens (including phenoxy) is 2. The van der Waals surface area contributed by atoms with E-state index in [2.05, 4.69) is 37.2 Å². The first-order valence-electron chi connectivity index (χ1n) is 7.48. The van der Waals surface area contributed by atoms with Crippen LogP contribution in [-0.4, -0.2) is 48.9 Å². The van der Waals surface area contributed by atoms with Crippen molar-refractivity contribution in [2.75, 3.05) is 26.3 Å². The monoisotopic (exact) mass is 452 g/mol. The topological polar surface area (TPSA) is 63.9 Å². The molecule has 0 aromatic carbocycles. The molecule has 8 heteroatoms. The molecule has 1 aliphatic heterocycles. The molecule has 1 atom stereocenters. The molecule has 23 heavy (non-hydrogen) atoms. The average Bonchev–Trinajstić information content (AvgIpc) is 2.76. The fraction of sp³-hybridized carbons (Fsp3) is 0.667. The third kappa shape index (κ3) is 5.77. The van der Waals surface area contributed by atoms with Gasteiger partial charge in [0.25, 0.3) is 0 Å². The summed E-state index contributed by atoms with van der Waals surface area (Å²) in [5.41, 5.74) is -0.500. The van der Waals surface area contributed by atoms with Crippen LogP contribution in [0.4, 0.5) is 4.79 Å². The highest BCUT2D eigenvalue weighted by molar-refractivity contribution is 9.13. The number of carbonyl (C=O) groups is 1. The Kier molecular flexibility index (Phi) is 6.53. The third-order valence-electron chi connectivity index (χ3n) is 3.23. The molecule has 1 unspecified atom stereocenters. The molecule has 130 valence electrons. The van der Waals surface area contributed by atoms with Crippen LogP contribution in [0.3, 0.4) is 0 Å². The van der Waals surface area contributed by atoms with Crippen LogP contribution >= 0.6 is 31.9 Å². The van der Waals surface area contributed by atoms with E-state index in [0.29, 0.717) is 37.5 Å². The third-order valence-corrected chi connectivity index (χ3v) is 4.94. The Balaban J connectivity index is 1.87. The van der Waals surface area contributed by atoms with Crippen molar-refractivity contribution in [2.24, 2.45) is 0 Å². The van der Waals surface area contributed by atoms with Gasteiger partial charge in [-0.15, -0.1) is 0 Å². The van der Waals surface area contributed by atoms with Crippen LogP contribution in [0, 0.1) is 0 Å². The Morgan fingerprint density at radius 2 is 2.22 bits per heavy atom. The van der Waals surface area contributed by atoms with Crippen molar-refractivity contribution in [2.45, 2.75) is 39.0 Å². The van der Waals surface area contributed by atoms with Crippen LogP contribution in [0.1, 0.15) is 26.5 Å². The molecule has 1 aromatic rings. The lowest BCUT2D eigenvalue weighted by molar-refractivity contribution is -0.0318. The summed E-state index contributed by atoms with van der Waals surface area (Å²) in [6.07, 6.45) is -0.295. The van der Waals surface area contributed by atoms with Crippen molar-refractivity contribution < 1.29 is 18.7 Å². The van der Waals surface area contributed by atoms with E-state index in [1.807, 2.05) is 26.8 Å². The zero-order valence-corrected chi connectivity index (χ0v) is 16.7. The molecule has 1 aromatic heterocycles. The lowest BCUT2D eigenvalue weighted by atomic mass is 10.2. The predicted molar refractivity (Wildman–Crippen MR) is 93.4 cm³/mol. The maximum absolute atomic E-state index is 12.3. The van der Waals surface area contributed by atoms with Crippen LogP contribution in [0.5, 0.6) is 0 Å². The molecule has 0 spiro atoms. The maximum atomic E-state index is 12.3. The second kappa shape index (κ2) is 8.00. The molecule has 1 aliphatic rings. The van der Waals surface area contributed by atoms with Gasteiger partial charge in [-0.25, -0.2) is 4.79 Å². The van der Waals surface area contributed by atoms with Gasteiger partial charge >= 0.3 is 6.09 Å². The van der Waals surface area contributed by atoms with Gasteiger partial charge < -0.3 is 19.2 Å². The number of nitrogens with zero attached hydrogens (tertiary/aromatic N) is 1. The zero-order valence-electron chi connectivity index (χ0n) is 13.5. The summed E-state index contributed by atoms with van der Waals surface area (Å²) in [7, 11) is 0. The number of hydrogen-bond acceptors (Lipinski definition) is 5. The fourth-order valence-electron chi connectivity index (χ4n) is 2.23. The first kappa shape index (κ1) is 18.8.